The summed E-state index contributed by atoms with van der Waals surface area (Å²) in [6.07, 6.45) is -0.0517. The van der Waals surface area contributed by atoms with Gasteiger partial charge >= 0.3 is 5.97 Å². The van der Waals surface area contributed by atoms with Crippen molar-refractivity contribution in [2.24, 2.45) is 5.92 Å². The van der Waals surface area contributed by atoms with Crippen LogP contribution < -0.4 is 0 Å². The van der Waals surface area contributed by atoms with Crippen molar-refractivity contribution >= 4 is 17.6 Å². The van der Waals surface area contributed by atoms with Gasteiger partial charge in [0.1, 0.15) is 5.92 Å². The van der Waals surface area contributed by atoms with Crippen LogP contribution in [0, 0.1) is 5.92 Å². The molecule has 1 fully saturated rings. The predicted octanol–water partition coefficient (Wildman–Crippen LogP) is 0.996. The van der Waals surface area contributed by atoms with Gasteiger partial charge in [-0.2, -0.15) is 0 Å². The molecule has 0 saturated heterocycles. The highest BCUT2D eigenvalue weighted by molar-refractivity contribution is 6.26. The van der Waals surface area contributed by atoms with E-state index in [2.05, 4.69) is 0 Å². The van der Waals surface area contributed by atoms with E-state index in [0.29, 0.717) is 0 Å². The van der Waals surface area contributed by atoms with Gasteiger partial charge in [0.2, 0.25) is 0 Å². The molecule has 1 rings (SSSR count). The van der Waals surface area contributed by atoms with Crippen LogP contribution in [0.3, 0.4) is 0 Å². The Morgan fingerprint density at radius 2 is 2.38 bits per heavy atom. The highest BCUT2D eigenvalue weighted by Crippen LogP contribution is 2.50. The number of carboxylic acids is 1. The topological polar surface area (TPSA) is 37.3 Å². The van der Waals surface area contributed by atoms with Crippen molar-refractivity contribution in [3.63, 3.8) is 0 Å². The summed E-state index contributed by atoms with van der Waals surface area (Å²) in [5, 5.41) is 6.13. The zero-order valence-corrected chi connectivity index (χ0v) is 4.65. The van der Waals surface area contributed by atoms with Crippen molar-refractivity contribution in [3.05, 3.63) is 0 Å². The fourth-order valence-corrected chi connectivity index (χ4v) is 0.729. The van der Waals surface area contributed by atoms with Crippen molar-refractivity contribution in [2.75, 3.05) is 0 Å². The molecule has 0 unspecified atom stereocenters. The molecule has 46 valence electrons. The number of halogens is 2. The van der Waals surface area contributed by atoms with Gasteiger partial charge in [0, 0.05) is 6.42 Å². The number of hydrogen-bond acceptors (Lipinski definition) is 1. The summed E-state index contributed by atoms with van der Waals surface area (Å²) in [6, 6.07) is 0. The zero-order chi connectivity index (χ0) is 6.36. The lowest BCUT2D eigenvalue weighted by molar-refractivity contribution is -0.139. The second-order valence-electron chi connectivity index (χ2n) is 1.86. The van der Waals surface area contributed by atoms with Crippen molar-refractivity contribution < 1.29 is 14.3 Å². The molecule has 0 aromatic carbocycles. The van der Waals surface area contributed by atoms with Gasteiger partial charge in [-0.25, -0.2) is 4.39 Å². The second-order valence-corrected chi connectivity index (χ2v) is 2.48. The first-order valence-corrected chi connectivity index (χ1v) is 2.52. The Morgan fingerprint density at radius 1 is 2.00 bits per heavy atom. The Morgan fingerprint density at radius 3 is 2.38 bits per heavy atom. The third-order valence-electron chi connectivity index (χ3n) is 1.12. The first kappa shape index (κ1) is 5.82. The molecule has 0 aliphatic heterocycles. The van der Waals surface area contributed by atoms with Crippen LogP contribution in [0.4, 0.5) is 4.39 Å². The van der Waals surface area contributed by atoms with E-state index in [1.54, 1.807) is 0 Å². The van der Waals surface area contributed by atoms with Crippen LogP contribution in [0.1, 0.15) is 6.42 Å². The van der Waals surface area contributed by atoms with Crippen LogP contribution in [-0.4, -0.2) is 16.2 Å². The lowest BCUT2D eigenvalue weighted by Gasteiger charge is -1.87. The van der Waals surface area contributed by atoms with E-state index >= 15 is 0 Å². The number of aliphatic carboxylic acids is 1. The molecule has 0 amide bonds. The molecule has 1 aliphatic rings. The molecule has 0 aromatic heterocycles. The zero-order valence-electron chi connectivity index (χ0n) is 3.90. The van der Waals surface area contributed by atoms with Gasteiger partial charge in [-0.05, 0) is 0 Å². The van der Waals surface area contributed by atoms with Gasteiger partial charge < -0.3 is 5.11 Å². The maximum Gasteiger partial charge on any atom is 0.311 e. The van der Waals surface area contributed by atoms with Crippen molar-refractivity contribution in [1.82, 2.24) is 0 Å². The van der Waals surface area contributed by atoms with Gasteiger partial charge in [-0.3, -0.25) is 4.79 Å². The highest BCUT2D eigenvalue weighted by Gasteiger charge is 2.59. The molecule has 0 heterocycles. The Balaban J connectivity index is 2.48. The number of carboxylic acid groups (broad SMARTS) is 1. The number of alkyl halides is 2. The summed E-state index contributed by atoms with van der Waals surface area (Å²) in [6.45, 7) is 0. The molecule has 4 heteroatoms. The van der Waals surface area contributed by atoms with E-state index in [1.165, 1.54) is 0 Å². The van der Waals surface area contributed by atoms with Crippen LogP contribution in [0.5, 0.6) is 0 Å². The molecule has 1 N–H and O–H groups in total. The summed E-state index contributed by atoms with van der Waals surface area (Å²) in [5.74, 6) is -2.12. The van der Waals surface area contributed by atoms with E-state index in [9.17, 15) is 9.18 Å². The minimum atomic E-state index is -1.94. The third kappa shape index (κ3) is 0.777. The van der Waals surface area contributed by atoms with E-state index in [1.807, 2.05) is 0 Å². The smallest absolute Gasteiger partial charge is 0.311 e. The molecule has 0 spiro atoms. The normalized spacial score (nSPS) is 44.0. The number of rotatable bonds is 1. The Hall–Kier alpha value is -0.310. The van der Waals surface area contributed by atoms with Gasteiger partial charge in [-0.1, -0.05) is 11.6 Å². The Bertz CT molecular complexity index is 134. The maximum absolute atomic E-state index is 12.1. The molecule has 0 radical (unpaired) electrons. The predicted molar refractivity (Wildman–Crippen MR) is 25.4 cm³/mol. The lowest BCUT2D eigenvalue weighted by atomic mass is 10.4. The van der Waals surface area contributed by atoms with Gasteiger partial charge in [0.25, 0.3) is 0 Å². The van der Waals surface area contributed by atoms with Crippen molar-refractivity contribution in [3.8, 4) is 0 Å². The molecule has 2 nitrogen and oxygen atoms in total. The summed E-state index contributed by atoms with van der Waals surface area (Å²) in [5.41, 5.74) is 0. The molecule has 0 aromatic rings. The van der Waals surface area contributed by atoms with Gasteiger partial charge in [0.05, 0.1) is 0 Å². The average Bonchev–Trinajstić information content (AvgIpc) is 2.13. The van der Waals surface area contributed by atoms with Gasteiger partial charge in [-0.15, -0.1) is 0 Å². The molecule has 0 bridgehead atoms. The molecular formula is C4H4ClFO2. The van der Waals surface area contributed by atoms with E-state index < -0.39 is 17.0 Å². The lowest BCUT2D eigenvalue weighted by Crippen LogP contribution is -2.03. The van der Waals surface area contributed by atoms with Crippen molar-refractivity contribution in [2.45, 2.75) is 11.5 Å². The summed E-state index contributed by atoms with van der Waals surface area (Å²) >= 11 is 4.95. The average molecular weight is 139 g/mol. The van der Waals surface area contributed by atoms with Crippen LogP contribution in [0.2, 0.25) is 0 Å². The summed E-state index contributed by atoms with van der Waals surface area (Å²) < 4.78 is 12.1. The van der Waals surface area contributed by atoms with Crippen LogP contribution in [0.15, 0.2) is 0 Å². The summed E-state index contributed by atoms with van der Waals surface area (Å²) in [4.78, 5) is 9.85. The molecule has 2 atom stereocenters. The van der Waals surface area contributed by atoms with E-state index in [4.69, 9.17) is 16.7 Å². The summed E-state index contributed by atoms with van der Waals surface area (Å²) in [7, 11) is 0. The fraction of sp³-hybridized carbons (Fsp3) is 0.750. The largest absolute Gasteiger partial charge is 0.481 e. The molecule has 8 heavy (non-hydrogen) atoms. The Labute approximate surface area is 50.3 Å². The monoisotopic (exact) mass is 138 g/mol. The maximum atomic E-state index is 12.1. The Kier molecular flexibility index (Phi) is 0.979. The second kappa shape index (κ2) is 1.35. The SMILES string of the molecule is O=C(O)[C@@H]1C[C@@]1(F)Cl. The van der Waals surface area contributed by atoms with E-state index in [0.717, 1.165) is 0 Å². The first-order valence-electron chi connectivity index (χ1n) is 2.14. The fourth-order valence-electron chi connectivity index (χ4n) is 0.481. The molecular weight excluding hydrogens is 134 g/mol. The molecule has 1 aliphatic carbocycles. The standard InChI is InChI=1S/C4H4ClFO2/c5-4(6)1-2(4)3(7)8/h2H,1H2,(H,7,8)/t2-,4-/m0/s1. The number of hydrogen-bond donors (Lipinski definition) is 1. The van der Waals surface area contributed by atoms with Gasteiger partial charge in [0.15, 0.2) is 5.13 Å². The third-order valence-corrected chi connectivity index (χ3v) is 1.54. The first-order chi connectivity index (χ1) is 3.54. The minimum absolute atomic E-state index is 0.0517. The van der Waals surface area contributed by atoms with Crippen LogP contribution in [-0.2, 0) is 4.79 Å². The van der Waals surface area contributed by atoms with Crippen LogP contribution in [0.25, 0.3) is 0 Å². The van der Waals surface area contributed by atoms with Crippen LogP contribution >= 0.6 is 11.6 Å². The molecule has 1 saturated carbocycles. The quantitative estimate of drug-likeness (QED) is 0.549. The number of carbonyl (C=O) groups is 1. The minimum Gasteiger partial charge on any atom is -0.481 e. The van der Waals surface area contributed by atoms with E-state index in [-0.39, 0.29) is 6.42 Å². The van der Waals surface area contributed by atoms with Crippen molar-refractivity contribution in [1.29, 1.82) is 0 Å². The highest BCUT2D eigenvalue weighted by atomic mass is 35.5.